The molecule has 0 spiro atoms. The first-order valence-corrected chi connectivity index (χ1v) is 11.2. The van der Waals surface area contributed by atoms with E-state index in [2.05, 4.69) is 15.5 Å². The number of hydrogen-bond acceptors (Lipinski definition) is 6. The summed E-state index contributed by atoms with van der Waals surface area (Å²) in [5.74, 6) is 0.423. The van der Waals surface area contributed by atoms with Crippen LogP contribution in [0.1, 0.15) is 5.56 Å². The summed E-state index contributed by atoms with van der Waals surface area (Å²) in [6.07, 6.45) is 0. The lowest BCUT2D eigenvalue weighted by molar-refractivity contribution is -0.384. The number of rotatable bonds is 7. The van der Waals surface area contributed by atoms with Crippen LogP contribution in [0.15, 0.2) is 78.0 Å². The van der Waals surface area contributed by atoms with E-state index in [-0.39, 0.29) is 17.3 Å². The minimum Gasteiger partial charge on any atom is -0.325 e. The van der Waals surface area contributed by atoms with Gasteiger partial charge in [-0.3, -0.25) is 19.5 Å². The quantitative estimate of drug-likeness (QED) is 0.212. The van der Waals surface area contributed by atoms with Crippen molar-refractivity contribution in [2.24, 2.45) is 0 Å². The zero-order valence-corrected chi connectivity index (χ0v) is 19.0. The van der Waals surface area contributed by atoms with Crippen LogP contribution in [0.25, 0.3) is 17.1 Å². The first-order valence-electron chi connectivity index (χ1n) is 9.87. The van der Waals surface area contributed by atoms with Gasteiger partial charge in [0.15, 0.2) is 11.0 Å². The van der Waals surface area contributed by atoms with Gasteiger partial charge in [0.1, 0.15) is 0 Å². The molecular weight excluding hydrogens is 462 g/mol. The molecule has 0 saturated carbocycles. The topological polar surface area (TPSA) is 103 Å². The molecular formula is C23H18ClN5O3S. The maximum atomic E-state index is 12.6. The summed E-state index contributed by atoms with van der Waals surface area (Å²) in [7, 11) is 0. The lowest BCUT2D eigenvalue weighted by Crippen LogP contribution is -2.15. The van der Waals surface area contributed by atoms with Gasteiger partial charge in [-0.25, -0.2) is 0 Å². The molecule has 33 heavy (non-hydrogen) atoms. The molecule has 8 nitrogen and oxygen atoms in total. The number of benzene rings is 3. The number of carbonyl (C=O) groups is 1. The highest BCUT2D eigenvalue weighted by atomic mass is 35.5. The monoisotopic (exact) mass is 479 g/mol. The number of hydrogen-bond donors (Lipinski definition) is 1. The second-order valence-electron chi connectivity index (χ2n) is 7.08. The Morgan fingerprint density at radius 1 is 1.09 bits per heavy atom. The molecule has 0 fully saturated rings. The van der Waals surface area contributed by atoms with Gasteiger partial charge in [0.25, 0.3) is 5.69 Å². The Morgan fingerprint density at radius 3 is 2.52 bits per heavy atom. The normalized spacial score (nSPS) is 10.7. The van der Waals surface area contributed by atoms with E-state index >= 15 is 0 Å². The molecule has 166 valence electrons. The van der Waals surface area contributed by atoms with Crippen LogP contribution in [0.5, 0.6) is 0 Å². The molecule has 0 atom stereocenters. The molecule has 3 aromatic carbocycles. The molecule has 1 N–H and O–H groups in total. The summed E-state index contributed by atoms with van der Waals surface area (Å²) in [4.78, 5) is 23.1. The van der Waals surface area contributed by atoms with Crippen molar-refractivity contribution in [1.29, 1.82) is 0 Å². The molecule has 0 bridgehead atoms. The second-order valence-corrected chi connectivity index (χ2v) is 8.46. The molecule has 1 heterocycles. The van der Waals surface area contributed by atoms with E-state index in [1.54, 1.807) is 24.3 Å². The fraction of sp³-hybridized carbons (Fsp3) is 0.0870. The third kappa shape index (κ3) is 5.21. The Morgan fingerprint density at radius 2 is 1.82 bits per heavy atom. The largest absolute Gasteiger partial charge is 0.325 e. The van der Waals surface area contributed by atoms with Gasteiger partial charge in [-0.15, -0.1) is 10.2 Å². The molecule has 4 aromatic rings. The van der Waals surface area contributed by atoms with Crippen molar-refractivity contribution >= 4 is 40.6 Å². The van der Waals surface area contributed by atoms with E-state index < -0.39 is 4.92 Å². The van der Waals surface area contributed by atoms with Gasteiger partial charge in [-0.05, 0) is 48.9 Å². The van der Waals surface area contributed by atoms with Crippen LogP contribution in [0.4, 0.5) is 11.4 Å². The maximum Gasteiger partial charge on any atom is 0.269 e. The molecule has 4 rings (SSSR count). The SMILES string of the molecule is Cc1ccc(Cl)cc1NC(=O)CSc1nnc(-c2ccc([N+](=O)[O-])cc2)n1-c1ccccc1. The van der Waals surface area contributed by atoms with Crippen LogP contribution < -0.4 is 5.32 Å². The predicted molar refractivity (Wildman–Crippen MR) is 129 cm³/mol. The highest BCUT2D eigenvalue weighted by Crippen LogP contribution is 2.29. The summed E-state index contributed by atoms with van der Waals surface area (Å²) < 4.78 is 1.82. The first kappa shape index (κ1) is 22.5. The van der Waals surface area contributed by atoms with Crippen molar-refractivity contribution in [3.8, 4) is 17.1 Å². The van der Waals surface area contributed by atoms with E-state index in [1.165, 1.54) is 23.9 Å². The number of amides is 1. The standard InChI is InChI=1S/C23H18ClN5O3S/c1-15-7-10-17(24)13-20(15)25-21(30)14-33-23-27-26-22(28(23)18-5-3-2-4-6-18)16-8-11-19(12-9-16)29(31)32/h2-13H,14H2,1H3,(H,25,30). The summed E-state index contributed by atoms with van der Waals surface area (Å²) >= 11 is 7.27. The number of carbonyl (C=O) groups excluding carboxylic acids is 1. The molecule has 0 radical (unpaired) electrons. The van der Waals surface area contributed by atoms with Crippen LogP contribution >= 0.6 is 23.4 Å². The third-order valence-corrected chi connectivity index (χ3v) is 5.95. The summed E-state index contributed by atoms with van der Waals surface area (Å²) in [6, 6.07) is 20.9. The van der Waals surface area contributed by atoms with Gasteiger partial charge >= 0.3 is 0 Å². The van der Waals surface area contributed by atoms with Gasteiger partial charge in [-0.1, -0.05) is 47.6 Å². The van der Waals surface area contributed by atoms with Crippen molar-refractivity contribution in [1.82, 2.24) is 14.8 Å². The number of anilines is 1. The highest BCUT2D eigenvalue weighted by Gasteiger charge is 2.18. The van der Waals surface area contributed by atoms with Crippen LogP contribution in [-0.2, 0) is 4.79 Å². The Kier molecular flexibility index (Phi) is 6.71. The van der Waals surface area contributed by atoms with E-state index in [0.717, 1.165) is 11.3 Å². The third-order valence-electron chi connectivity index (χ3n) is 4.79. The van der Waals surface area contributed by atoms with Gasteiger partial charge in [-0.2, -0.15) is 0 Å². The first-order chi connectivity index (χ1) is 15.9. The Bertz CT molecular complexity index is 1310. The van der Waals surface area contributed by atoms with Crippen molar-refractivity contribution in [2.75, 3.05) is 11.1 Å². The average Bonchev–Trinajstić information content (AvgIpc) is 3.24. The number of nitro benzene ring substituents is 1. The molecule has 0 saturated heterocycles. The van der Waals surface area contributed by atoms with Crippen molar-refractivity contribution < 1.29 is 9.72 Å². The highest BCUT2D eigenvalue weighted by molar-refractivity contribution is 7.99. The zero-order valence-electron chi connectivity index (χ0n) is 17.4. The summed E-state index contributed by atoms with van der Waals surface area (Å²) in [5, 5.41) is 23.5. The van der Waals surface area contributed by atoms with Gasteiger partial charge in [0.05, 0.1) is 10.7 Å². The van der Waals surface area contributed by atoms with Crippen LogP contribution in [-0.4, -0.2) is 31.3 Å². The minimum atomic E-state index is -0.451. The van der Waals surface area contributed by atoms with Crippen LogP contribution in [0.2, 0.25) is 5.02 Å². The van der Waals surface area contributed by atoms with Crippen molar-refractivity contribution in [3.05, 3.63) is 93.5 Å². The van der Waals surface area contributed by atoms with E-state index in [1.807, 2.05) is 47.9 Å². The number of aryl methyl sites for hydroxylation is 1. The van der Waals surface area contributed by atoms with Gasteiger partial charge < -0.3 is 5.32 Å². The molecule has 1 aromatic heterocycles. The lowest BCUT2D eigenvalue weighted by atomic mass is 10.2. The second kappa shape index (κ2) is 9.85. The average molecular weight is 480 g/mol. The number of nitrogens with one attached hydrogen (secondary N) is 1. The van der Waals surface area contributed by atoms with E-state index in [0.29, 0.717) is 27.3 Å². The number of non-ortho nitro benzene ring substituents is 1. The smallest absolute Gasteiger partial charge is 0.269 e. The number of nitro groups is 1. The molecule has 10 heteroatoms. The number of thioether (sulfide) groups is 1. The van der Waals surface area contributed by atoms with Gasteiger partial charge in [0, 0.05) is 34.1 Å². The number of nitrogens with zero attached hydrogens (tertiary/aromatic N) is 4. The minimum absolute atomic E-state index is 0.00731. The fourth-order valence-electron chi connectivity index (χ4n) is 3.14. The molecule has 0 aliphatic heterocycles. The number of aromatic nitrogens is 3. The van der Waals surface area contributed by atoms with E-state index in [9.17, 15) is 14.9 Å². The van der Waals surface area contributed by atoms with E-state index in [4.69, 9.17) is 11.6 Å². The summed E-state index contributed by atoms with van der Waals surface area (Å²) in [5.41, 5.74) is 3.04. The Balaban J connectivity index is 1.60. The fourth-order valence-corrected chi connectivity index (χ4v) is 4.06. The number of para-hydroxylation sites is 1. The molecule has 0 aliphatic carbocycles. The Labute approximate surface area is 198 Å². The van der Waals surface area contributed by atoms with Crippen LogP contribution in [0.3, 0.4) is 0 Å². The lowest BCUT2D eigenvalue weighted by Gasteiger charge is -2.11. The van der Waals surface area contributed by atoms with Crippen LogP contribution in [0, 0.1) is 17.0 Å². The van der Waals surface area contributed by atoms with Crippen molar-refractivity contribution in [2.45, 2.75) is 12.1 Å². The molecule has 0 aliphatic rings. The zero-order chi connectivity index (χ0) is 23.4. The van der Waals surface area contributed by atoms with Gasteiger partial charge in [0.2, 0.25) is 5.91 Å². The predicted octanol–water partition coefficient (Wildman–Crippen LogP) is 5.54. The van der Waals surface area contributed by atoms with Crippen molar-refractivity contribution in [3.63, 3.8) is 0 Å². The maximum absolute atomic E-state index is 12.6. The molecule has 1 amide bonds. The summed E-state index contributed by atoms with van der Waals surface area (Å²) in [6.45, 7) is 1.89. The number of halogens is 1. The Hall–Kier alpha value is -3.69. The molecule has 0 unspecified atom stereocenters.